The lowest BCUT2D eigenvalue weighted by Crippen LogP contribution is -2.16. The van der Waals surface area contributed by atoms with Gasteiger partial charge < -0.3 is 0 Å². The molecule has 0 saturated heterocycles. The number of hydrogen-bond acceptors (Lipinski definition) is 0. The second-order valence-corrected chi connectivity index (χ2v) is 7.77. The number of alkyl halides is 1. The van der Waals surface area contributed by atoms with Crippen LogP contribution in [-0.2, 0) is 6.42 Å². The first kappa shape index (κ1) is 13.6. The lowest BCUT2D eigenvalue weighted by molar-refractivity contribution is 0.310. The Morgan fingerprint density at radius 2 is 1.86 bits per heavy atom. The average Bonchev–Trinajstić information content (AvgIpc) is 3.09. The topological polar surface area (TPSA) is 0 Å². The third-order valence-electron chi connectivity index (χ3n) is 5.71. The van der Waals surface area contributed by atoms with Crippen LogP contribution in [0, 0.1) is 17.8 Å². The molecule has 2 saturated carbocycles. The van der Waals surface area contributed by atoms with Crippen LogP contribution in [0.4, 0.5) is 0 Å². The molecule has 1 heteroatoms. The second kappa shape index (κ2) is 5.65. The van der Waals surface area contributed by atoms with Gasteiger partial charge in [0.2, 0.25) is 0 Å². The summed E-state index contributed by atoms with van der Waals surface area (Å²) < 4.78 is 0. The Kier molecular flexibility index (Phi) is 3.67. The van der Waals surface area contributed by atoms with Crippen molar-refractivity contribution in [1.82, 2.24) is 0 Å². The quantitative estimate of drug-likeness (QED) is 0.624. The molecule has 0 spiro atoms. The molecule has 0 aliphatic heterocycles. The molecule has 2 aromatic rings. The predicted molar refractivity (Wildman–Crippen MR) is 90.8 cm³/mol. The lowest BCUT2D eigenvalue weighted by atomic mass is 9.84. The van der Waals surface area contributed by atoms with Crippen LogP contribution in [0.3, 0.4) is 0 Å². The van der Waals surface area contributed by atoms with E-state index in [4.69, 9.17) is 11.6 Å². The van der Waals surface area contributed by atoms with Gasteiger partial charge in [0, 0.05) is 5.38 Å². The molecule has 4 unspecified atom stereocenters. The van der Waals surface area contributed by atoms with Gasteiger partial charge in [-0.05, 0) is 66.2 Å². The van der Waals surface area contributed by atoms with Crippen molar-refractivity contribution < 1.29 is 0 Å². The van der Waals surface area contributed by atoms with Crippen molar-refractivity contribution in [2.75, 3.05) is 0 Å². The summed E-state index contributed by atoms with van der Waals surface area (Å²) in [5, 5.41) is 2.95. The summed E-state index contributed by atoms with van der Waals surface area (Å²) in [5.74, 6) is 2.93. The van der Waals surface area contributed by atoms with E-state index in [1.165, 1.54) is 48.4 Å². The average molecular weight is 299 g/mol. The van der Waals surface area contributed by atoms with Crippen molar-refractivity contribution in [2.45, 2.75) is 43.9 Å². The molecule has 0 nitrogen and oxygen atoms in total. The Bertz CT molecular complexity index is 633. The minimum Gasteiger partial charge on any atom is -0.123 e. The van der Waals surface area contributed by atoms with E-state index in [0.29, 0.717) is 5.38 Å². The Morgan fingerprint density at radius 1 is 1.00 bits per heavy atom. The molecular weight excluding hydrogens is 276 g/mol. The van der Waals surface area contributed by atoms with Crippen LogP contribution in [0.1, 0.15) is 37.7 Å². The van der Waals surface area contributed by atoms with Crippen molar-refractivity contribution in [3.8, 4) is 0 Å². The Hall–Kier alpha value is -1.01. The maximum Gasteiger partial charge on any atom is 0.0379 e. The van der Waals surface area contributed by atoms with Crippen LogP contribution in [0.25, 0.3) is 10.8 Å². The normalized spacial score (nSPS) is 29.1. The molecule has 2 aromatic carbocycles. The molecule has 21 heavy (non-hydrogen) atoms. The van der Waals surface area contributed by atoms with Gasteiger partial charge in [0.1, 0.15) is 0 Å². The SMILES string of the molecule is ClC(Cc1ccc2ccccc2c1)CC1CC2CCC1C2. The van der Waals surface area contributed by atoms with Gasteiger partial charge in [-0.3, -0.25) is 0 Å². The van der Waals surface area contributed by atoms with E-state index < -0.39 is 0 Å². The van der Waals surface area contributed by atoms with Crippen LogP contribution in [0.5, 0.6) is 0 Å². The monoisotopic (exact) mass is 298 g/mol. The van der Waals surface area contributed by atoms with Crippen LogP contribution in [0.2, 0.25) is 0 Å². The fraction of sp³-hybridized carbons (Fsp3) is 0.500. The number of fused-ring (bicyclic) bond motifs is 3. The predicted octanol–water partition coefficient (Wildman–Crippen LogP) is 5.82. The summed E-state index contributed by atoms with van der Waals surface area (Å²) in [4.78, 5) is 0. The smallest absolute Gasteiger partial charge is 0.0379 e. The molecule has 0 N–H and O–H groups in total. The summed E-state index contributed by atoms with van der Waals surface area (Å²) in [7, 11) is 0. The molecule has 4 rings (SSSR count). The zero-order chi connectivity index (χ0) is 14.2. The van der Waals surface area contributed by atoms with E-state index in [1.54, 1.807) is 0 Å². The molecule has 110 valence electrons. The first-order valence-electron chi connectivity index (χ1n) is 8.39. The first-order valence-corrected chi connectivity index (χ1v) is 8.83. The minimum atomic E-state index is 0.301. The molecular formula is C20H23Cl. The summed E-state index contributed by atoms with van der Waals surface area (Å²) >= 11 is 6.68. The number of benzene rings is 2. The lowest BCUT2D eigenvalue weighted by Gasteiger charge is -2.24. The molecule has 0 radical (unpaired) electrons. The molecule has 2 bridgehead atoms. The van der Waals surface area contributed by atoms with E-state index in [-0.39, 0.29) is 0 Å². The van der Waals surface area contributed by atoms with Crippen LogP contribution >= 0.6 is 11.6 Å². The van der Waals surface area contributed by atoms with Crippen molar-refractivity contribution in [3.05, 3.63) is 48.0 Å². The summed E-state index contributed by atoms with van der Waals surface area (Å²) in [5.41, 5.74) is 1.39. The Morgan fingerprint density at radius 3 is 2.62 bits per heavy atom. The zero-order valence-electron chi connectivity index (χ0n) is 12.5. The molecule has 2 aliphatic rings. The van der Waals surface area contributed by atoms with E-state index >= 15 is 0 Å². The van der Waals surface area contributed by atoms with E-state index in [0.717, 1.165) is 24.2 Å². The minimum absolute atomic E-state index is 0.301. The highest BCUT2D eigenvalue weighted by molar-refractivity contribution is 6.20. The number of rotatable bonds is 4. The van der Waals surface area contributed by atoms with Crippen molar-refractivity contribution >= 4 is 22.4 Å². The van der Waals surface area contributed by atoms with Gasteiger partial charge >= 0.3 is 0 Å². The second-order valence-electron chi connectivity index (χ2n) is 7.15. The highest BCUT2D eigenvalue weighted by atomic mass is 35.5. The van der Waals surface area contributed by atoms with Gasteiger partial charge in [-0.15, -0.1) is 11.6 Å². The number of hydrogen-bond donors (Lipinski definition) is 0. The van der Waals surface area contributed by atoms with Crippen molar-refractivity contribution in [3.63, 3.8) is 0 Å². The van der Waals surface area contributed by atoms with Crippen LogP contribution < -0.4 is 0 Å². The van der Waals surface area contributed by atoms with Crippen LogP contribution in [0.15, 0.2) is 42.5 Å². The van der Waals surface area contributed by atoms with E-state index in [2.05, 4.69) is 42.5 Å². The fourth-order valence-corrected chi connectivity index (χ4v) is 5.11. The van der Waals surface area contributed by atoms with E-state index in [9.17, 15) is 0 Å². The fourth-order valence-electron chi connectivity index (χ4n) is 4.70. The third-order valence-corrected chi connectivity index (χ3v) is 6.05. The largest absolute Gasteiger partial charge is 0.123 e. The van der Waals surface area contributed by atoms with Gasteiger partial charge in [0.05, 0.1) is 0 Å². The summed E-state index contributed by atoms with van der Waals surface area (Å²) in [6.07, 6.45) is 8.12. The third kappa shape index (κ3) is 2.83. The first-order chi connectivity index (χ1) is 10.3. The van der Waals surface area contributed by atoms with Gasteiger partial charge in [-0.25, -0.2) is 0 Å². The summed E-state index contributed by atoms with van der Waals surface area (Å²) in [6, 6.07) is 15.4. The molecule has 2 fully saturated rings. The Labute approximate surface area is 132 Å². The Balaban J connectivity index is 1.42. The number of halogens is 1. The van der Waals surface area contributed by atoms with Gasteiger partial charge in [0.15, 0.2) is 0 Å². The maximum atomic E-state index is 6.68. The van der Waals surface area contributed by atoms with Gasteiger partial charge in [-0.2, -0.15) is 0 Å². The maximum absolute atomic E-state index is 6.68. The molecule has 2 aliphatic carbocycles. The molecule has 4 atom stereocenters. The molecule has 0 heterocycles. The van der Waals surface area contributed by atoms with Crippen molar-refractivity contribution in [2.24, 2.45) is 17.8 Å². The zero-order valence-corrected chi connectivity index (χ0v) is 13.2. The van der Waals surface area contributed by atoms with Crippen LogP contribution in [-0.4, -0.2) is 5.38 Å². The highest BCUT2D eigenvalue weighted by Crippen LogP contribution is 2.50. The van der Waals surface area contributed by atoms with Crippen molar-refractivity contribution in [1.29, 1.82) is 0 Å². The molecule has 0 amide bonds. The summed E-state index contributed by atoms with van der Waals surface area (Å²) in [6.45, 7) is 0. The van der Waals surface area contributed by atoms with Gasteiger partial charge in [0.25, 0.3) is 0 Å². The standard InChI is InChI=1S/C20H23Cl/c21-20(13-19-11-14-6-8-18(19)9-14)12-15-5-7-16-3-1-2-4-17(16)10-15/h1-5,7,10,14,18-20H,6,8-9,11-13H2. The van der Waals surface area contributed by atoms with Gasteiger partial charge in [-0.1, -0.05) is 48.9 Å². The molecule has 0 aromatic heterocycles. The highest BCUT2D eigenvalue weighted by Gasteiger charge is 2.39. The van der Waals surface area contributed by atoms with E-state index in [1.807, 2.05) is 0 Å².